The zero-order valence-electron chi connectivity index (χ0n) is 23.8. The molecule has 0 heterocycles. The number of aliphatic hydroxyl groups is 4. The molecule has 0 aromatic rings. The number of carbonyl (C=O) groups is 3. The van der Waals surface area contributed by atoms with Gasteiger partial charge in [0.05, 0.1) is 18.1 Å². The Balaban J connectivity index is 1.43. The Morgan fingerprint density at radius 3 is 2.42 bits per heavy atom. The number of aliphatic hydroxyl groups excluding tert-OH is 3. The predicted octanol–water partition coefficient (Wildman–Crippen LogP) is 1.01. The lowest BCUT2D eigenvalue weighted by Crippen LogP contribution is -2.69. The zero-order chi connectivity index (χ0) is 29.1. The van der Waals surface area contributed by atoms with Crippen molar-refractivity contribution in [2.24, 2.45) is 53.1 Å². The van der Waals surface area contributed by atoms with Crippen LogP contribution in [0.1, 0.15) is 65.2 Å². The minimum Gasteiger partial charge on any atom is -0.511 e. The lowest BCUT2D eigenvalue weighted by Gasteiger charge is -2.57. The largest absolute Gasteiger partial charge is 0.511 e. The highest BCUT2D eigenvalue weighted by Crippen LogP contribution is 2.57. The van der Waals surface area contributed by atoms with Gasteiger partial charge in [-0.15, -0.1) is 0 Å². The monoisotopic (exact) mass is 562 g/mol. The van der Waals surface area contributed by atoms with Crippen LogP contribution in [-0.2, 0) is 19.1 Å². The number of fused-ring (bicyclic) bond motifs is 3. The molecule has 5 rings (SSSR count). The van der Waals surface area contributed by atoms with E-state index in [-0.39, 0.29) is 48.4 Å². The molecule has 40 heavy (non-hydrogen) atoms. The fourth-order valence-electron chi connectivity index (χ4n) is 9.31. The fraction of sp³-hybridized carbons (Fsp3) is 0.833. The Morgan fingerprint density at radius 2 is 1.77 bits per heavy atom. The van der Waals surface area contributed by atoms with Crippen molar-refractivity contribution in [2.45, 2.75) is 95.2 Å². The third-order valence-corrected chi connectivity index (χ3v) is 11.1. The molecule has 224 valence electrons. The summed E-state index contributed by atoms with van der Waals surface area (Å²) in [4.78, 5) is 39.2. The number of allylic oxidation sites excluding steroid dienone is 1. The molecule has 10 heteroatoms. The number of Topliss-reactive ketones (excluding diaryl/α,β-unsaturated/α-hetero) is 2. The van der Waals surface area contributed by atoms with Crippen LogP contribution in [0.25, 0.3) is 0 Å². The van der Waals surface area contributed by atoms with Crippen molar-refractivity contribution in [3.8, 4) is 0 Å². The second kappa shape index (κ2) is 11.1. The van der Waals surface area contributed by atoms with E-state index in [9.17, 15) is 34.8 Å². The van der Waals surface area contributed by atoms with E-state index in [1.807, 2.05) is 0 Å². The summed E-state index contributed by atoms with van der Waals surface area (Å²) >= 11 is 0. The van der Waals surface area contributed by atoms with Gasteiger partial charge in [-0.3, -0.25) is 14.4 Å². The number of hydrogen-bond donors (Lipinski definition) is 6. The fourth-order valence-corrected chi connectivity index (χ4v) is 9.31. The average Bonchev–Trinajstić information content (AvgIpc) is 2.89. The topological polar surface area (TPSA) is 179 Å². The number of hydrogen-bond acceptors (Lipinski definition) is 9. The third-order valence-electron chi connectivity index (χ3n) is 11.1. The SMILES string of the molecule is COC1CCC(CNC(C)C)CC1C1CCC(O)C2C(=O)C3C(O)[C@]4(O)C(=O)C(C(N)=O)=C(O)C[C@@H]4C[C@@H]3CC12. The Bertz CT molecular complexity index is 1060. The maximum atomic E-state index is 14.1. The van der Waals surface area contributed by atoms with E-state index in [0.29, 0.717) is 24.8 Å². The molecule has 0 aromatic carbocycles. The van der Waals surface area contributed by atoms with Crippen LogP contribution in [0.3, 0.4) is 0 Å². The van der Waals surface area contributed by atoms with Crippen molar-refractivity contribution in [1.29, 1.82) is 0 Å². The smallest absolute Gasteiger partial charge is 0.255 e. The van der Waals surface area contributed by atoms with Gasteiger partial charge < -0.3 is 36.2 Å². The molecule has 4 saturated carbocycles. The second-order valence-corrected chi connectivity index (χ2v) is 13.5. The van der Waals surface area contributed by atoms with Crippen LogP contribution < -0.4 is 11.1 Å². The van der Waals surface area contributed by atoms with Gasteiger partial charge in [-0.2, -0.15) is 0 Å². The number of nitrogens with one attached hydrogen (secondary N) is 1. The first kappa shape index (κ1) is 29.6. The minimum atomic E-state index is -2.39. The Hall–Kier alpha value is -1.85. The maximum Gasteiger partial charge on any atom is 0.255 e. The van der Waals surface area contributed by atoms with E-state index in [0.717, 1.165) is 32.2 Å². The van der Waals surface area contributed by atoms with Crippen LogP contribution in [-0.4, -0.2) is 81.5 Å². The van der Waals surface area contributed by atoms with Crippen molar-refractivity contribution in [3.05, 3.63) is 11.3 Å². The minimum absolute atomic E-state index is 0.0799. The molecule has 0 radical (unpaired) electrons. The molecule has 9 unspecified atom stereocenters. The van der Waals surface area contributed by atoms with E-state index in [1.54, 1.807) is 7.11 Å². The van der Waals surface area contributed by atoms with E-state index < -0.39 is 58.6 Å². The van der Waals surface area contributed by atoms with Crippen LogP contribution in [0.15, 0.2) is 11.3 Å². The number of carbonyl (C=O) groups excluding carboxylic acids is 3. The molecule has 0 bridgehead atoms. The van der Waals surface area contributed by atoms with Gasteiger partial charge in [0.15, 0.2) is 5.60 Å². The summed E-state index contributed by atoms with van der Waals surface area (Å²) in [6, 6.07) is 0.400. The van der Waals surface area contributed by atoms with Gasteiger partial charge in [0.1, 0.15) is 23.2 Å². The lowest BCUT2D eigenvalue weighted by atomic mass is 9.48. The molecule has 12 atom stereocenters. The van der Waals surface area contributed by atoms with Crippen LogP contribution in [0.2, 0.25) is 0 Å². The van der Waals surface area contributed by atoms with E-state index in [2.05, 4.69) is 19.2 Å². The molecule has 5 aliphatic carbocycles. The Labute approximate surface area is 235 Å². The summed E-state index contributed by atoms with van der Waals surface area (Å²) in [5, 5.41) is 48.1. The van der Waals surface area contributed by atoms with Crippen molar-refractivity contribution in [3.63, 3.8) is 0 Å². The first-order chi connectivity index (χ1) is 18.9. The third kappa shape index (κ3) is 4.73. The van der Waals surface area contributed by atoms with Gasteiger partial charge in [0, 0.05) is 31.4 Å². The van der Waals surface area contributed by atoms with Gasteiger partial charge in [-0.1, -0.05) is 13.8 Å². The zero-order valence-corrected chi connectivity index (χ0v) is 23.8. The van der Waals surface area contributed by atoms with Gasteiger partial charge in [-0.25, -0.2) is 0 Å². The van der Waals surface area contributed by atoms with E-state index in [4.69, 9.17) is 10.5 Å². The van der Waals surface area contributed by atoms with Crippen LogP contribution in [0.4, 0.5) is 0 Å². The average molecular weight is 563 g/mol. The van der Waals surface area contributed by atoms with Gasteiger partial charge >= 0.3 is 0 Å². The molecule has 0 aliphatic heterocycles. The van der Waals surface area contributed by atoms with Gasteiger partial charge in [0.2, 0.25) is 5.78 Å². The number of nitrogens with two attached hydrogens (primary N) is 1. The Morgan fingerprint density at radius 1 is 1.05 bits per heavy atom. The second-order valence-electron chi connectivity index (χ2n) is 13.5. The molecule has 4 fully saturated rings. The number of amides is 1. The van der Waals surface area contributed by atoms with E-state index in [1.165, 1.54) is 0 Å². The molecule has 1 amide bonds. The lowest BCUT2D eigenvalue weighted by molar-refractivity contribution is -0.203. The van der Waals surface area contributed by atoms with Crippen molar-refractivity contribution < 1.29 is 39.5 Å². The Kier molecular flexibility index (Phi) is 8.22. The quantitative estimate of drug-likeness (QED) is 0.258. The number of rotatable bonds is 6. The molecule has 0 saturated heterocycles. The van der Waals surface area contributed by atoms with E-state index >= 15 is 0 Å². The highest BCUT2D eigenvalue weighted by Gasteiger charge is 2.66. The first-order valence-electron chi connectivity index (χ1n) is 15.0. The summed E-state index contributed by atoms with van der Waals surface area (Å²) < 4.78 is 5.98. The molecule has 7 N–H and O–H groups in total. The summed E-state index contributed by atoms with van der Waals surface area (Å²) in [6.07, 6.45) is 2.40. The number of ether oxygens (including phenoxy) is 1. The summed E-state index contributed by atoms with van der Waals surface area (Å²) in [7, 11) is 1.75. The van der Waals surface area contributed by atoms with Gasteiger partial charge in [-0.05, 0) is 81.1 Å². The highest BCUT2D eigenvalue weighted by atomic mass is 16.5. The summed E-state index contributed by atoms with van der Waals surface area (Å²) in [5.41, 5.74) is 2.21. The molecule has 5 aliphatic rings. The molecular weight excluding hydrogens is 516 g/mol. The van der Waals surface area contributed by atoms with Crippen molar-refractivity contribution in [1.82, 2.24) is 5.32 Å². The molecule has 0 aromatic heterocycles. The van der Waals surface area contributed by atoms with Crippen molar-refractivity contribution >= 4 is 17.5 Å². The standard InChI is InChI=1S/C30H46N2O8/c1-13(2)32-12-14-4-7-22(40-3)18(8-14)17-5-6-20(33)24-19(17)10-15-9-16-11-21(34)25(29(31)38)28(37)30(16,39)27(36)23(15)26(24)35/h13-20,22-24,27,32-34,36,39H,4-12H2,1-3H3,(H2,31,38)/t14?,15-,16+,17?,18?,19?,20?,22?,23?,24?,27?,30+/m1/s1. The maximum absolute atomic E-state index is 14.1. The molecule has 0 spiro atoms. The normalized spacial score (nSPS) is 45.6. The van der Waals surface area contributed by atoms with Crippen LogP contribution in [0.5, 0.6) is 0 Å². The summed E-state index contributed by atoms with van der Waals surface area (Å²) in [5.74, 6) is -5.16. The molecular formula is C30H46N2O8. The van der Waals surface area contributed by atoms with Crippen LogP contribution in [0, 0.1) is 47.3 Å². The number of methoxy groups -OCH3 is 1. The van der Waals surface area contributed by atoms with Crippen molar-refractivity contribution in [2.75, 3.05) is 13.7 Å². The first-order valence-corrected chi connectivity index (χ1v) is 15.0. The van der Waals surface area contributed by atoms with Crippen LogP contribution >= 0.6 is 0 Å². The highest BCUT2D eigenvalue weighted by molar-refractivity contribution is 6.23. The summed E-state index contributed by atoms with van der Waals surface area (Å²) in [6.45, 7) is 5.21. The molecule has 10 nitrogen and oxygen atoms in total. The predicted molar refractivity (Wildman–Crippen MR) is 145 cm³/mol. The number of primary amides is 1. The van der Waals surface area contributed by atoms with Gasteiger partial charge in [0.25, 0.3) is 5.91 Å². The number of ketones is 2.